The Morgan fingerprint density at radius 2 is 2.38 bits per heavy atom. The van der Waals surface area contributed by atoms with E-state index in [9.17, 15) is 0 Å². The minimum Gasteiger partial charge on any atom is -0.316 e. The van der Waals surface area contributed by atoms with Crippen molar-refractivity contribution in [3.8, 4) is 0 Å². The predicted octanol–water partition coefficient (Wildman–Crippen LogP) is -0.0553. The van der Waals surface area contributed by atoms with E-state index >= 15 is 0 Å². The van der Waals surface area contributed by atoms with Gasteiger partial charge in [-0.15, -0.1) is 0 Å². The second-order valence-electron chi connectivity index (χ2n) is 4.07. The van der Waals surface area contributed by atoms with Gasteiger partial charge in [0.15, 0.2) is 0 Å². The van der Waals surface area contributed by atoms with Crippen LogP contribution in [0.15, 0.2) is 6.20 Å². The average Bonchev–Trinajstić information content (AvgIpc) is 2.54. The van der Waals surface area contributed by atoms with E-state index in [0.717, 1.165) is 19.0 Å². The summed E-state index contributed by atoms with van der Waals surface area (Å²) in [5.41, 5.74) is 2.69. The van der Waals surface area contributed by atoms with E-state index in [4.69, 9.17) is 0 Å². The fourth-order valence-electron chi connectivity index (χ4n) is 2.10. The summed E-state index contributed by atoms with van der Waals surface area (Å²) in [5.74, 6) is 0.872. The van der Waals surface area contributed by atoms with Crippen LogP contribution in [0.4, 0.5) is 0 Å². The average molecular weight is 178 g/mol. The van der Waals surface area contributed by atoms with Gasteiger partial charge in [-0.2, -0.15) is 5.10 Å². The monoisotopic (exact) mass is 178 g/mol. The molecule has 0 aromatic carbocycles. The molecule has 3 rings (SSSR count). The highest BCUT2D eigenvalue weighted by atomic mass is 15.2. The van der Waals surface area contributed by atoms with Gasteiger partial charge < -0.3 is 5.32 Å². The summed E-state index contributed by atoms with van der Waals surface area (Å²) in [6, 6.07) is 0. The summed E-state index contributed by atoms with van der Waals surface area (Å²) >= 11 is 0. The number of H-pyrrole nitrogens is 1. The highest BCUT2D eigenvalue weighted by molar-refractivity contribution is 5.20. The van der Waals surface area contributed by atoms with Gasteiger partial charge in [0.2, 0.25) is 0 Å². The SMILES string of the molecule is c1n[nH]c2c1CN(CC1CNC1)C2. The first-order valence-corrected chi connectivity index (χ1v) is 4.86. The summed E-state index contributed by atoms with van der Waals surface area (Å²) in [7, 11) is 0. The Balaban J connectivity index is 1.62. The summed E-state index contributed by atoms with van der Waals surface area (Å²) in [6.45, 7) is 5.77. The van der Waals surface area contributed by atoms with E-state index in [-0.39, 0.29) is 0 Å². The van der Waals surface area contributed by atoms with Gasteiger partial charge in [-0.3, -0.25) is 10.00 Å². The number of rotatable bonds is 2. The van der Waals surface area contributed by atoms with Crippen LogP contribution in [0.3, 0.4) is 0 Å². The molecule has 1 saturated heterocycles. The molecular formula is C9H14N4. The first-order valence-electron chi connectivity index (χ1n) is 4.86. The van der Waals surface area contributed by atoms with Crippen molar-refractivity contribution in [2.45, 2.75) is 13.1 Å². The van der Waals surface area contributed by atoms with Crippen LogP contribution < -0.4 is 5.32 Å². The Bertz CT molecular complexity index is 282. The second kappa shape index (κ2) is 2.82. The fraction of sp³-hybridized carbons (Fsp3) is 0.667. The van der Waals surface area contributed by atoms with Crippen molar-refractivity contribution < 1.29 is 0 Å². The van der Waals surface area contributed by atoms with Crippen LogP contribution in [0, 0.1) is 5.92 Å². The van der Waals surface area contributed by atoms with Crippen molar-refractivity contribution in [2.24, 2.45) is 5.92 Å². The highest BCUT2D eigenvalue weighted by Gasteiger charge is 2.25. The van der Waals surface area contributed by atoms with Gasteiger partial charge in [-0.05, 0) is 5.92 Å². The van der Waals surface area contributed by atoms with E-state index in [2.05, 4.69) is 20.4 Å². The van der Waals surface area contributed by atoms with Crippen molar-refractivity contribution in [1.29, 1.82) is 0 Å². The van der Waals surface area contributed by atoms with Crippen LogP contribution in [0.5, 0.6) is 0 Å². The molecule has 0 saturated carbocycles. The molecule has 0 spiro atoms. The lowest BCUT2D eigenvalue weighted by Crippen LogP contribution is -2.47. The van der Waals surface area contributed by atoms with Crippen molar-refractivity contribution >= 4 is 0 Å². The quantitative estimate of drug-likeness (QED) is 0.667. The second-order valence-corrected chi connectivity index (χ2v) is 4.07. The normalized spacial score (nSPS) is 23.1. The third-order valence-corrected chi connectivity index (χ3v) is 2.97. The van der Waals surface area contributed by atoms with Gasteiger partial charge in [-0.1, -0.05) is 0 Å². The number of aromatic nitrogens is 2. The predicted molar refractivity (Wildman–Crippen MR) is 49.1 cm³/mol. The smallest absolute Gasteiger partial charge is 0.0537 e. The van der Waals surface area contributed by atoms with Crippen LogP contribution in [-0.2, 0) is 13.1 Å². The molecular weight excluding hydrogens is 164 g/mol. The first-order chi connectivity index (χ1) is 6.42. The maximum absolute atomic E-state index is 4.03. The zero-order valence-electron chi connectivity index (χ0n) is 7.58. The number of fused-ring (bicyclic) bond motifs is 1. The fourth-order valence-corrected chi connectivity index (χ4v) is 2.10. The van der Waals surface area contributed by atoms with Gasteiger partial charge in [0, 0.05) is 38.3 Å². The molecule has 2 aliphatic heterocycles. The lowest BCUT2D eigenvalue weighted by atomic mass is 10.0. The molecule has 0 atom stereocenters. The Morgan fingerprint density at radius 1 is 1.46 bits per heavy atom. The standard InChI is InChI=1S/C9H14N4/c1-7(2-10-1)4-13-5-8-3-11-12-9(8)6-13/h3,7,10H,1-2,4-6H2,(H,11,12). The molecule has 70 valence electrons. The zero-order chi connectivity index (χ0) is 8.67. The molecule has 4 nitrogen and oxygen atoms in total. The van der Waals surface area contributed by atoms with Gasteiger partial charge in [0.25, 0.3) is 0 Å². The van der Waals surface area contributed by atoms with Crippen molar-refractivity contribution in [3.05, 3.63) is 17.5 Å². The van der Waals surface area contributed by atoms with E-state index in [1.54, 1.807) is 0 Å². The summed E-state index contributed by atoms with van der Waals surface area (Å²) < 4.78 is 0. The minimum absolute atomic E-state index is 0.872. The Morgan fingerprint density at radius 3 is 3.08 bits per heavy atom. The summed E-state index contributed by atoms with van der Waals surface area (Å²) in [4.78, 5) is 2.49. The third-order valence-electron chi connectivity index (χ3n) is 2.97. The van der Waals surface area contributed by atoms with Crippen LogP contribution in [0.2, 0.25) is 0 Å². The van der Waals surface area contributed by atoms with Crippen molar-refractivity contribution in [2.75, 3.05) is 19.6 Å². The maximum atomic E-state index is 4.03. The van der Waals surface area contributed by atoms with Crippen molar-refractivity contribution in [1.82, 2.24) is 20.4 Å². The molecule has 1 fully saturated rings. The largest absolute Gasteiger partial charge is 0.316 e. The molecule has 3 heterocycles. The lowest BCUT2D eigenvalue weighted by molar-refractivity contribution is 0.193. The molecule has 1 aromatic heterocycles. The zero-order valence-corrected chi connectivity index (χ0v) is 7.58. The Kier molecular flexibility index (Phi) is 1.63. The molecule has 0 aliphatic carbocycles. The highest BCUT2D eigenvalue weighted by Crippen LogP contribution is 2.21. The number of hydrogen-bond acceptors (Lipinski definition) is 3. The minimum atomic E-state index is 0.872. The Hall–Kier alpha value is -0.870. The van der Waals surface area contributed by atoms with Gasteiger partial charge >= 0.3 is 0 Å². The number of hydrogen-bond donors (Lipinski definition) is 2. The molecule has 2 aliphatic rings. The maximum Gasteiger partial charge on any atom is 0.0537 e. The van der Waals surface area contributed by atoms with Gasteiger partial charge in [0.05, 0.1) is 11.9 Å². The van der Waals surface area contributed by atoms with E-state index < -0.39 is 0 Å². The van der Waals surface area contributed by atoms with Gasteiger partial charge in [-0.25, -0.2) is 0 Å². The van der Waals surface area contributed by atoms with E-state index in [1.807, 2.05) is 6.20 Å². The van der Waals surface area contributed by atoms with Gasteiger partial charge in [0.1, 0.15) is 0 Å². The molecule has 0 amide bonds. The molecule has 13 heavy (non-hydrogen) atoms. The van der Waals surface area contributed by atoms with Crippen LogP contribution in [0.25, 0.3) is 0 Å². The Labute approximate surface area is 77.3 Å². The van der Waals surface area contributed by atoms with Crippen molar-refractivity contribution in [3.63, 3.8) is 0 Å². The van der Waals surface area contributed by atoms with Crippen LogP contribution in [-0.4, -0.2) is 34.7 Å². The summed E-state index contributed by atoms with van der Waals surface area (Å²) in [6.07, 6.45) is 1.95. The first kappa shape index (κ1) is 7.53. The number of nitrogens with one attached hydrogen (secondary N) is 2. The molecule has 0 unspecified atom stereocenters. The molecule has 1 aromatic rings. The van der Waals surface area contributed by atoms with E-state index in [0.29, 0.717) is 0 Å². The third kappa shape index (κ3) is 1.26. The van der Waals surface area contributed by atoms with Crippen LogP contribution in [0.1, 0.15) is 11.3 Å². The topological polar surface area (TPSA) is 44.0 Å². The molecule has 4 heteroatoms. The molecule has 0 bridgehead atoms. The lowest BCUT2D eigenvalue weighted by Gasteiger charge is -2.30. The van der Waals surface area contributed by atoms with Crippen LogP contribution >= 0.6 is 0 Å². The molecule has 0 radical (unpaired) electrons. The number of aromatic amines is 1. The summed E-state index contributed by atoms with van der Waals surface area (Å²) in [5, 5.41) is 10.4. The number of nitrogens with zero attached hydrogens (tertiary/aromatic N) is 2. The molecule has 2 N–H and O–H groups in total. The van der Waals surface area contributed by atoms with E-state index in [1.165, 1.54) is 30.9 Å².